The van der Waals surface area contributed by atoms with Gasteiger partial charge >= 0.3 is 0 Å². The molecule has 0 aliphatic heterocycles. The van der Waals surface area contributed by atoms with Crippen molar-refractivity contribution in [3.63, 3.8) is 0 Å². The minimum atomic E-state index is 0.0754. The van der Waals surface area contributed by atoms with Crippen molar-refractivity contribution in [1.29, 1.82) is 0 Å². The Morgan fingerprint density at radius 1 is 1.40 bits per heavy atom. The van der Waals surface area contributed by atoms with Crippen molar-refractivity contribution in [1.82, 2.24) is 9.97 Å². The van der Waals surface area contributed by atoms with Crippen molar-refractivity contribution in [3.8, 4) is 5.88 Å². The Labute approximate surface area is 94.6 Å². The molecule has 0 bridgehead atoms. The Hall–Kier alpha value is -0.970. The fraction of sp³-hybridized carbons (Fsp3) is 0.600. The van der Waals surface area contributed by atoms with Gasteiger partial charge in [0.15, 0.2) is 0 Å². The summed E-state index contributed by atoms with van der Waals surface area (Å²) in [5, 5.41) is 0.779. The van der Waals surface area contributed by atoms with Gasteiger partial charge < -0.3 is 10.5 Å². The van der Waals surface area contributed by atoms with Crippen LogP contribution in [0.5, 0.6) is 5.88 Å². The Kier molecular flexibility index (Phi) is 3.79. The number of anilines is 1. The molecule has 84 valence electrons. The van der Waals surface area contributed by atoms with Gasteiger partial charge in [-0.3, -0.25) is 0 Å². The monoisotopic (exact) mass is 227 g/mol. The molecule has 0 aliphatic rings. The second-order valence-electron chi connectivity index (χ2n) is 4.05. The summed E-state index contributed by atoms with van der Waals surface area (Å²) < 4.78 is 5.38. The van der Waals surface area contributed by atoms with Crippen LogP contribution in [0.1, 0.15) is 27.7 Å². The van der Waals surface area contributed by atoms with E-state index in [1.807, 2.05) is 6.92 Å². The zero-order valence-electron chi connectivity index (χ0n) is 9.57. The quantitative estimate of drug-likeness (QED) is 0.634. The van der Waals surface area contributed by atoms with Crippen LogP contribution in [0, 0.1) is 0 Å². The zero-order chi connectivity index (χ0) is 11.5. The van der Waals surface area contributed by atoms with Crippen LogP contribution >= 0.6 is 11.8 Å². The molecule has 1 aromatic heterocycles. The molecule has 0 saturated heterocycles. The van der Waals surface area contributed by atoms with Crippen LogP contribution in [-0.2, 0) is 0 Å². The molecule has 0 saturated carbocycles. The van der Waals surface area contributed by atoms with Crippen LogP contribution in [-0.4, -0.2) is 21.3 Å². The average molecular weight is 227 g/mol. The number of thioether (sulfide) groups is 1. The predicted molar refractivity (Wildman–Crippen MR) is 63.2 cm³/mol. The van der Waals surface area contributed by atoms with Gasteiger partial charge in [0.2, 0.25) is 5.88 Å². The minimum absolute atomic E-state index is 0.0754. The van der Waals surface area contributed by atoms with E-state index in [0.717, 1.165) is 5.03 Å². The first-order valence-electron chi connectivity index (χ1n) is 4.86. The second-order valence-corrected chi connectivity index (χ2v) is 5.86. The number of hydrogen-bond donors (Lipinski definition) is 1. The highest BCUT2D eigenvalue weighted by molar-refractivity contribution is 8.00. The van der Waals surface area contributed by atoms with Crippen molar-refractivity contribution in [3.05, 3.63) is 6.33 Å². The topological polar surface area (TPSA) is 61.0 Å². The molecule has 1 heterocycles. The van der Waals surface area contributed by atoms with Crippen molar-refractivity contribution in [2.45, 2.75) is 37.5 Å². The van der Waals surface area contributed by atoms with E-state index in [-0.39, 0.29) is 4.75 Å². The number of aromatic nitrogens is 2. The third-order valence-electron chi connectivity index (χ3n) is 1.49. The number of nitrogens with zero attached hydrogens (tertiary/aromatic N) is 2. The van der Waals surface area contributed by atoms with Crippen molar-refractivity contribution >= 4 is 17.4 Å². The molecule has 0 amide bonds. The van der Waals surface area contributed by atoms with Gasteiger partial charge in [0, 0.05) is 4.75 Å². The van der Waals surface area contributed by atoms with E-state index in [0.29, 0.717) is 18.2 Å². The van der Waals surface area contributed by atoms with Crippen LogP contribution in [0.2, 0.25) is 0 Å². The number of nitrogen functional groups attached to an aromatic ring is 1. The lowest BCUT2D eigenvalue weighted by Crippen LogP contribution is -2.10. The molecule has 4 nitrogen and oxygen atoms in total. The first kappa shape index (κ1) is 12.1. The molecule has 5 heteroatoms. The first-order chi connectivity index (χ1) is 6.94. The number of nitrogens with two attached hydrogens (primary N) is 1. The van der Waals surface area contributed by atoms with Gasteiger partial charge in [-0.15, -0.1) is 0 Å². The van der Waals surface area contributed by atoms with Gasteiger partial charge in [0.05, 0.1) is 6.61 Å². The minimum Gasteiger partial charge on any atom is -0.476 e. The van der Waals surface area contributed by atoms with Crippen LogP contribution in [0.3, 0.4) is 0 Å². The summed E-state index contributed by atoms with van der Waals surface area (Å²) in [4.78, 5) is 8.14. The third-order valence-corrected chi connectivity index (χ3v) is 2.63. The van der Waals surface area contributed by atoms with E-state index >= 15 is 0 Å². The summed E-state index contributed by atoms with van der Waals surface area (Å²) in [6, 6.07) is 0. The molecule has 1 aromatic rings. The van der Waals surface area contributed by atoms with E-state index in [2.05, 4.69) is 30.7 Å². The molecular weight excluding hydrogens is 210 g/mol. The largest absolute Gasteiger partial charge is 0.476 e. The Morgan fingerprint density at radius 2 is 2.07 bits per heavy atom. The highest BCUT2D eigenvalue weighted by atomic mass is 32.2. The van der Waals surface area contributed by atoms with Crippen LogP contribution in [0.25, 0.3) is 0 Å². The van der Waals surface area contributed by atoms with E-state index in [9.17, 15) is 0 Å². The van der Waals surface area contributed by atoms with Crippen LogP contribution < -0.4 is 10.5 Å². The van der Waals surface area contributed by atoms with Crippen LogP contribution in [0.15, 0.2) is 11.4 Å². The van der Waals surface area contributed by atoms with Gasteiger partial charge in [-0.1, -0.05) is 32.5 Å². The molecule has 0 radical (unpaired) electrons. The molecule has 15 heavy (non-hydrogen) atoms. The normalized spacial score (nSPS) is 11.5. The maximum atomic E-state index is 5.91. The SMILES string of the molecule is CCOc1ncnc(SC(C)(C)C)c1N. The fourth-order valence-electron chi connectivity index (χ4n) is 0.987. The first-order valence-corrected chi connectivity index (χ1v) is 5.68. The summed E-state index contributed by atoms with van der Waals surface area (Å²) in [7, 11) is 0. The molecule has 2 N–H and O–H groups in total. The molecular formula is C10H17N3OS. The lowest BCUT2D eigenvalue weighted by atomic mass is 10.3. The zero-order valence-corrected chi connectivity index (χ0v) is 10.4. The molecule has 0 aliphatic carbocycles. The summed E-state index contributed by atoms with van der Waals surface area (Å²) >= 11 is 1.61. The van der Waals surface area contributed by atoms with Crippen molar-refractivity contribution in [2.75, 3.05) is 12.3 Å². The Balaban J connectivity index is 2.94. The van der Waals surface area contributed by atoms with E-state index in [4.69, 9.17) is 10.5 Å². The second kappa shape index (κ2) is 4.70. The van der Waals surface area contributed by atoms with Crippen molar-refractivity contribution in [2.24, 2.45) is 0 Å². The van der Waals surface area contributed by atoms with Gasteiger partial charge in [-0.25, -0.2) is 4.98 Å². The number of hydrogen-bond acceptors (Lipinski definition) is 5. The molecule has 1 rings (SSSR count). The molecule has 0 aromatic carbocycles. The number of rotatable bonds is 3. The highest BCUT2D eigenvalue weighted by Crippen LogP contribution is 2.36. The summed E-state index contributed by atoms with van der Waals surface area (Å²) in [6.45, 7) is 8.79. The smallest absolute Gasteiger partial charge is 0.241 e. The maximum absolute atomic E-state index is 5.91. The lowest BCUT2D eigenvalue weighted by Gasteiger charge is -2.18. The third kappa shape index (κ3) is 3.58. The molecule has 0 unspecified atom stereocenters. The maximum Gasteiger partial charge on any atom is 0.241 e. The van der Waals surface area contributed by atoms with Crippen molar-refractivity contribution < 1.29 is 4.74 Å². The van der Waals surface area contributed by atoms with E-state index in [1.54, 1.807) is 11.8 Å². The molecule has 0 fully saturated rings. The summed E-state index contributed by atoms with van der Waals surface area (Å²) in [5.41, 5.74) is 6.43. The number of ether oxygens (including phenoxy) is 1. The van der Waals surface area contributed by atoms with Gasteiger partial charge in [-0.05, 0) is 6.92 Å². The lowest BCUT2D eigenvalue weighted by molar-refractivity contribution is 0.327. The Bertz CT molecular complexity index is 336. The predicted octanol–water partition coefficient (Wildman–Crippen LogP) is 2.35. The van der Waals surface area contributed by atoms with Gasteiger partial charge in [-0.2, -0.15) is 4.98 Å². The molecule has 0 spiro atoms. The van der Waals surface area contributed by atoms with E-state index < -0.39 is 0 Å². The molecule has 0 atom stereocenters. The Morgan fingerprint density at radius 3 is 2.60 bits per heavy atom. The summed E-state index contributed by atoms with van der Waals surface area (Å²) in [5.74, 6) is 0.472. The van der Waals surface area contributed by atoms with Crippen LogP contribution in [0.4, 0.5) is 5.69 Å². The highest BCUT2D eigenvalue weighted by Gasteiger charge is 2.17. The fourth-order valence-corrected chi connectivity index (χ4v) is 1.86. The van der Waals surface area contributed by atoms with Gasteiger partial charge in [0.25, 0.3) is 0 Å². The standard InChI is InChI=1S/C10H17N3OS/c1-5-14-8-7(11)9(13-6-12-8)15-10(2,3)4/h6H,5,11H2,1-4H3. The average Bonchev–Trinajstić information content (AvgIpc) is 2.10. The summed E-state index contributed by atoms with van der Waals surface area (Å²) in [6.07, 6.45) is 1.48. The van der Waals surface area contributed by atoms with E-state index in [1.165, 1.54) is 6.33 Å². The van der Waals surface area contributed by atoms with Gasteiger partial charge in [0.1, 0.15) is 17.0 Å².